The molecule has 3 rings (SSSR count). The molecule has 0 amide bonds. The lowest BCUT2D eigenvalue weighted by molar-refractivity contribution is -0.118. The molecule has 0 saturated carbocycles. The van der Waals surface area contributed by atoms with Crippen molar-refractivity contribution in [3.63, 3.8) is 0 Å². The molecule has 0 radical (unpaired) electrons. The molecule has 148 valence electrons. The van der Waals surface area contributed by atoms with Crippen LogP contribution in [0.5, 0.6) is 0 Å². The Morgan fingerprint density at radius 1 is 1.25 bits per heavy atom. The summed E-state index contributed by atoms with van der Waals surface area (Å²) in [6.07, 6.45) is -0.223. The van der Waals surface area contributed by atoms with Crippen LogP contribution in [0, 0.1) is 0 Å². The molecule has 7 heteroatoms. The third-order valence-electron chi connectivity index (χ3n) is 4.80. The van der Waals surface area contributed by atoms with Gasteiger partial charge in [0.2, 0.25) is 5.90 Å². The molecule has 1 aromatic heterocycles. The van der Waals surface area contributed by atoms with E-state index >= 15 is 0 Å². The van der Waals surface area contributed by atoms with Gasteiger partial charge >= 0.3 is 0 Å². The summed E-state index contributed by atoms with van der Waals surface area (Å²) in [5.41, 5.74) is 3.75. The Morgan fingerprint density at radius 3 is 2.64 bits per heavy atom. The average molecular weight is 421 g/mol. The maximum Gasteiger partial charge on any atom is 0.218 e. The lowest BCUT2D eigenvalue weighted by Crippen LogP contribution is -2.14. The van der Waals surface area contributed by atoms with E-state index in [-0.39, 0.29) is 18.1 Å². The van der Waals surface area contributed by atoms with Gasteiger partial charge in [0.1, 0.15) is 5.78 Å². The predicted octanol–water partition coefficient (Wildman–Crippen LogP) is 4.65. The number of carbonyl (C=O) groups excluding carboxylic acids is 1. The van der Waals surface area contributed by atoms with Crippen LogP contribution in [-0.2, 0) is 22.5 Å². The summed E-state index contributed by atoms with van der Waals surface area (Å²) < 4.78 is 5.28. The Morgan fingerprint density at radius 2 is 2.00 bits per heavy atom. The van der Waals surface area contributed by atoms with Crippen LogP contribution in [0.2, 0.25) is 10.0 Å². The Hall–Kier alpha value is -1.95. The smallest absolute Gasteiger partial charge is 0.218 e. The number of carbonyl (C=O) groups is 1. The van der Waals surface area contributed by atoms with E-state index in [9.17, 15) is 9.90 Å². The van der Waals surface area contributed by atoms with Gasteiger partial charge in [-0.05, 0) is 42.2 Å². The quantitative estimate of drug-likeness (QED) is 0.737. The van der Waals surface area contributed by atoms with E-state index in [0.29, 0.717) is 40.3 Å². The van der Waals surface area contributed by atoms with E-state index in [1.165, 1.54) is 0 Å². The maximum atomic E-state index is 12.6. The van der Waals surface area contributed by atoms with Gasteiger partial charge < -0.3 is 9.84 Å². The highest BCUT2D eigenvalue weighted by Crippen LogP contribution is 2.29. The summed E-state index contributed by atoms with van der Waals surface area (Å²) >= 11 is 12.0. The Labute approximate surface area is 174 Å². The molecule has 1 aliphatic rings. The fourth-order valence-electron chi connectivity index (χ4n) is 3.40. The highest BCUT2D eigenvalue weighted by atomic mass is 35.5. The average Bonchev–Trinajstić information content (AvgIpc) is 3.05. The summed E-state index contributed by atoms with van der Waals surface area (Å²) in [5.74, 6) is 0.550. The normalized spacial score (nSPS) is 15.0. The van der Waals surface area contributed by atoms with Crippen molar-refractivity contribution in [3.8, 4) is 0 Å². The van der Waals surface area contributed by atoms with Crippen molar-refractivity contribution in [2.75, 3.05) is 7.11 Å². The Kier molecular flexibility index (Phi) is 6.38. The van der Waals surface area contributed by atoms with Gasteiger partial charge in [0.15, 0.2) is 0 Å². The molecule has 0 bridgehead atoms. The van der Waals surface area contributed by atoms with Gasteiger partial charge in [-0.3, -0.25) is 9.78 Å². The second-order valence-corrected chi connectivity index (χ2v) is 7.84. The Bertz CT molecular complexity index is 941. The molecular weight excluding hydrogens is 399 g/mol. The second-order valence-electron chi connectivity index (χ2n) is 7.03. The molecule has 1 N–H and O–H groups in total. The van der Waals surface area contributed by atoms with Crippen molar-refractivity contribution in [1.29, 1.82) is 0 Å². The molecule has 2 heterocycles. The molecule has 1 aromatic carbocycles. The summed E-state index contributed by atoms with van der Waals surface area (Å²) in [7, 11) is 1.54. The third-order valence-corrected chi connectivity index (χ3v) is 5.54. The number of aliphatic hydroxyl groups is 1. The van der Waals surface area contributed by atoms with Crippen LogP contribution in [0.15, 0.2) is 29.3 Å². The maximum absolute atomic E-state index is 12.6. The largest absolute Gasteiger partial charge is 0.481 e. The van der Waals surface area contributed by atoms with E-state index in [1.54, 1.807) is 26.2 Å². The van der Waals surface area contributed by atoms with E-state index in [1.807, 2.05) is 19.1 Å². The predicted molar refractivity (Wildman–Crippen MR) is 110 cm³/mol. The van der Waals surface area contributed by atoms with Crippen molar-refractivity contribution in [2.24, 2.45) is 4.99 Å². The molecule has 1 aliphatic heterocycles. The number of nitrogens with zero attached hydrogens (tertiary/aromatic N) is 2. The van der Waals surface area contributed by atoms with Gasteiger partial charge in [-0.2, -0.15) is 0 Å². The molecule has 28 heavy (non-hydrogen) atoms. The second kappa shape index (κ2) is 8.60. The first kappa shape index (κ1) is 20.8. The topological polar surface area (TPSA) is 71.8 Å². The number of fused-ring (bicyclic) bond motifs is 1. The number of hydrogen-bond acceptors (Lipinski definition) is 5. The van der Waals surface area contributed by atoms with Crippen LogP contribution < -0.4 is 0 Å². The lowest BCUT2D eigenvalue weighted by Gasteiger charge is -2.15. The first-order valence-electron chi connectivity index (χ1n) is 9.06. The molecule has 2 atom stereocenters. The molecule has 0 unspecified atom stereocenters. The lowest BCUT2D eigenvalue weighted by atomic mass is 9.93. The molecule has 0 spiro atoms. The highest BCUT2D eigenvalue weighted by Gasteiger charge is 2.25. The molecule has 0 saturated heterocycles. The van der Waals surface area contributed by atoms with Gasteiger partial charge in [-0.15, -0.1) is 0 Å². The van der Waals surface area contributed by atoms with E-state index in [4.69, 9.17) is 27.9 Å². The van der Waals surface area contributed by atoms with Gasteiger partial charge in [0, 0.05) is 18.5 Å². The van der Waals surface area contributed by atoms with Gasteiger partial charge in [0.25, 0.3) is 0 Å². The minimum atomic E-state index is -0.780. The number of methoxy groups -OCH3 is 1. The zero-order chi connectivity index (χ0) is 20.4. The standard InChI is InChI=1S/C21H22Cl2N2O3/c1-11(13-4-5-17(22)18(23)8-13)6-16(27)9-15-7-14-10-24-21(28-3)19(14)20(25-15)12(2)26/h4-5,7-8,11-12,26H,6,9-10H2,1-3H3/t11-,12-/m0/s1. The molecular formula is C21H22Cl2N2O3. The number of hydrogen-bond donors (Lipinski definition) is 1. The van der Waals surface area contributed by atoms with Crippen molar-refractivity contribution < 1.29 is 14.6 Å². The van der Waals surface area contributed by atoms with Gasteiger partial charge in [0.05, 0.1) is 41.1 Å². The first-order valence-corrected chi connectivity index (χ1v) is 9.82. The van der Waals surface area contributed by atoms with E-state index < -0.39 is 6.10 Å². The van der Waals surface area contributed by atoms with Crippen LogP contribution in [0.25, 0.3) is 0 Å². The summed E-state index contributed by atoms with van der Waals surface area (Å²) in [6, 6.07) is 7.29. The molecule has 0 fully saturated rings. The fourth-order valence-corrected chi connectivity index (χ4v) is 3.71. The summed E-state index contributed by atoms with van der Waals surface area (Å²) in [6.45, 7) is 4.08. The minimum absolute atomic E-state index is 0.0105. The number of ether oxygens (including phenoxy) is 1. The number of Topliss-reactive ketones (excluding diaryl/α,β-unsaturated/α-hetero) is 1. The molecule has 2 aromatic rings. The van der Waals surface area contributed by atoms with Crippen LogP contribution in [0.4, 0.5) is 0 Å². The van der Waals surface area contributed by atoms with Crippen molar-refractivity contribution in [2.45, 2.75) is 45.3 Å². The monoisotopic (exact) mass is 420 g/mol. The van der Waals surface area contributed by atoms with Crippen molar-refractivity contribution in [3.05, 3.63) is 62.4 Å². The number of aromatic nitrogens is 1. The number of benzene rings is 1. The number of ketones is 1. The number of halogens is 2. The van der Waals surface area contributed by atoms with Crippen LogP contribution in [0.1, 0.15) is 60.4 Å². The Balaban J connectivity index is 1.76. The van der Waals surface area contributed by atoms with Gasteiger partial charge in [-0.25, -0.2) is 4.99 Å². The summed E-state index contributed by atoms with van der Waals surface area (Å²) in [4.78, 5) is 21.5. The SMILES string of the molecule is COC1=NCc2cc(CC(=O)C[C@H](C)c3ccc(Cl)c(Cl)c3)nc([C@H](C)O)c21. The first-order chi connectivity index (χ1) is 13.3. The fraction of sp³-hybridized carbons (Fsp3) is 0.381. The molecule has 0 aliphatic carbocycles. The van der Waals surface area contributed by atoms with E-state index in [0.717, 1.165) is 16.7 Å². The van der Waals surface area contributed by atoms with Crippen LogP contribution >= 0.6 is 23.2 Å². The number of rotatable bonds is 6. The number of aliphatic imine (C=N–C) groups is 1. The van der Waals surface area contributed by atoms with Crippen LogP contribution in [-0.4, -0.2) is 28.9 Å². The highest BCUT2D eigenvalue weighted by molar-refractivity contribution is 6.42. The molecule has 5 nitrogen and oxygen atoms in total. The van der Waals surface area contributed by atoms with Crippen molar-refractivity contribution in [1.82, 2.24) is 4.98 Å². The summed E-state index contributed by atoms with van der Waals surface area (Å²) in [5, 5.41) is 11.1. The minimum Gasteiger partial charge on any atom is -0.481 e. The number of pyridine rings is 1. The zero-order valence-corrected chi connectivity index (χ0v) is 17.5. The third kappa shape index (κ3) is 4.37. The van der Waals surface area contributed by atoms with Gasteiger partial charge in [-0.1, -0.05) is 36.2 Å². The van der Waals surface area contributed by atoms with Crippen LogP contribution in [0.3, 0.4) is 0 Å². The van der Waals surface area contributed by atoms with Crippen molar-refractivity contribution >= 4 is 34.9 Å². The number of aliphatic hydroxyl groups excluding tert-OH is 1. The van der Waals surface area contributed by atoms with E-state index in [2.05, 4.69) is 9.98 Å². The zero-order valence-electron chi connectivity index (χ0n) is 16.0.